The van der Waals surface area contributed by atoms with Crippen molar-refractivity contribution in [2.75, 3.05) is 0 Å². The zero-order valence-corrected chi connectivity index (χ0v) is 10.1. The number of rotatable bonds is 0. The molecule has 0 atom stereocenters. The second-order valence-electron chi connectivity index (χ2n) is 4.23. The molecule has 0 saturated carbocycles. The summed E-state index contributed by atoms with van der Waals surface area (Å²) in [5.74, 6) is 0. The third kappa shape index (κ3) is 1.21. The molecule has 2 aromatic heterocycles. The monoisotopic (exact) mass is 253 g/mol. The summed E-state index contributed by atoms with van der Waals surface area (Å²) < 4.78 is 5.82. The Kier molecular flexibility index (Phi) is 1.91. The Bertz CT molecular complexity index is 895. The molecule has 0 saturated heterocycles. The van der Waals surface area contributed by atoms with Crippen molar-refractivity contribution in [1.82, 2.24) is 4.98 Å². The third-order valence-electron chi connectivity index (χ3n) is 3.18. The van der Waals surface area contributed by atoms with Gasteiger partial charge in [-0.3, -0.25) is 4.98 Å². The minimum atomic E-state index is 0.671. The van der Waals surface area contributed by atoms with Gasteiger partial charge in [0.1, 0.15) is 11.2 Å². The van der Waals surface area contributed by atoms with E-state index in [1.165, 1.54) is 0 Å². The fraction of sp³-hybridized carbons (Fsp3) is 0. The van der Waals surface area contributed by atoms with Crippen LogP contribution in [0.25, 0.3) is 32.8 Å². The van der Waals surface area contributed by atoms with Gasteiger partial charge in [0, 0.05) is 23.0 Å². The highest BCUT2D eigenvalue weighted by Gasteiger charge is 2.12. The molecule has 0 aliphatic heterocycles. The molecule has 0 amide bonds. The van der Waals surface area contributed by atoms with E-state index in [0.29, 0.717) is 5.02 Å². The van der Waals surface area contributed by atoms with E-state index in [1.807, 2.05) is 42.5 Å². The van der Waals surface area contributed by atoms with E-state index in [4.69, 9.17) is 16.0 Å². The maximum Gasteiger partial charge on any atom is 0.139 e. The summed E-state index contributed by atoms with van der Waals surface area (Å²) in [7, 11) is 0. The minimum Gasteiger partial charge on any atom is -0.456 e. The number of furan rings is 1. The van der Waals surface area contributed by atoms with Gasteiger partial charge in [0.15, 0.2) is 0 Å². The Morgan fingerprint density at radius 1 is 0.944 bits per heavy atom. The highest BCUT2D eigenvalue weighted by Crippen LogP contribution is 2.36. The van der Waals surface area contributed by atoms with Gasteiger partial charge in [0.05, 0.1) is 15.9 Å². The van der Waals surface area contributed by atoms with E-state index in [2.05, 4.69) is 4.98 Å². The molecule has 0 fully saturated rings. The highest BCUT2D eigenvalue weighted by molar-refractivity contribution is 6.38. The Morgan fingerprint density at radius 2 is 1.78 bits per heavy atom. The highest BCUT2D eigenvalue weighted by atomic mass is 35.5. The zero-order valence-electron chi connectivity index (χ0n) is 9.35. The number of aromatic nitrogens is 1. The van der Waals surface area contributed by atoms with Crippen LogP contribution in [0.1, 0.15) is 0 Å². The van der Waals surface area contributed by atoms with Gasteiger partial charge in [0.25, 0.3) is 0 Å². The molecular formula is C15H8ClNO. The average Bonchev–Trinajstić information content (AvgIpc) is 2.77. The first kappa shape index (κ1) is 9.92. The number of hydrogen-bond acceptors (Lipinski definition) is 2. The van der Waals surface area contributed by atoms with E-state index < -0.39 is 0 Å². The summed E-state index contributed by atoms with van der Waals surface area (Å²) in [5, 5.41) is 3.74. The summed E-state index contributed by atoms with van der Waals surface area (Å²) in [5.41, 5.74) is 2.54. The lowest BCUT2D eigenvalue weighted by Gasteiger charge is -2.00. The number of hydrogen-bond donors (Lipinski definition) is 0. The van der Waals surface area contributed by atoms with E-state index in [-0.39, 0.29) is 0 Å². The van der Waals surface area contributed by atoms with Crippen LogP contribution < -0.4 is 0 Å². The molecule has 0 radical (unpaired) electrons. The van der Waals surface area contributed by atoms with Crippen molar-refractivity contribution in [2.24, 2.45) is 0 Å². The first-order chi connectivity index (χ1) is 8.84. The van der Waals surface area contributed by atoms with E-state index in [0.717, 1.165) is 32.8 Å². The van der Waals surface area contributed by atoms with Crippen molar-refractivity contribution in [2.45, 2.75) is 0 Å². The molecule has 2 heterocycles. The largest absolute Gasteiger partial charge is 0.456 e. The topological polar surface area (TPSA) is 26.0 Å². The molecule has 4 aromatic rings. The lowest BCUT2D eigenvalue weighted by Crippen LogP contribution is -1.80. The van der Waals surface area contributed by atoms with Gasteiger partial charge in [-0.1, -0.05) is 29.8 Å². The predicted octanol–water partition coefficient (Wildman–Crippen LogP) is 4.79. The Balaban J connectivity index is 2.39. The van der Waals surface area contributed by atoms with Gasteiger partial charge >= 0.3 is 0 Å². The lowest BCUT2D eigenvalue weighted by atomic mass is 10.1. The maximum absolute atomic E-state index is 6.26. The summed E-state index contributed by atoms with van der Waals surface area (Å²) in [6.45, 7) is 0. The van der Waals surface area contributed by atoms with Gasteiger partial charge in [-0.15, -0.1) is 0 Å². The maximum atomic E-state index is 6.26. The number of nitrogens with zero attached hydrogens (tertiary/aromatic N) is 1. The van der Waals surface area contributed by atoms with Crippen LogP contribution in [0.15, 0.2) is 53.1 Å². The fourth-order valence-electron chi connectivity index (χ4n) is 2.40. The zero-order chi connectivity index (χ0) is 12.1. The smallest absolute Gasteiger partial charge is 0.139 e. The van der Waals surface area contributed by atoms with Crippen LogP contribution in [0.5, 0.6) is 0 Å². The summed E-state index contributed by atoms with van der Waals surface area (Å²) >= 11 is 6.26. The Labute approximate surface area is 108 Å². The molecule has 2 aromatic carbocycles. The molecule has 0 N–H and O–H groups in total. The van der Waals surface area contributed by atoms with Crippen LogP contribution in [-0.2, 0) is 0 Å². The third-order valence-corrected chi connectivity index (χ3v) is 3.50. The van der Waals surface area contributed by atoms with Crippen molar-refractivity contribution >= 4 is 44.4 Å². The second kappa shape index (κ2) is 3.47. The number of pyridine rings is 1. The molecule has 0 aliphatic carbocycles. The standard InChI is InChI=1S/C15H8ClNO/c16-11-8-13-14(15-9(11)5-3-7-17-15)10-4-1-2-6-12(10)18-13/h1-8H. The molecule has 0 aliphatic rings. The predicted molar refractivity (Wildman–Crippen MR) is 74.0 cm³/mol. The van der Waals surface area contributed by atoms with E-state index in [9.17, 15) is 0 Å². The van der Waals surface area contributed by atoms with Gasteiger partial charge in [-0.25, -0.2) is 0 Å². The molecule has 0 bridgehead atoms. The lowest BCUT2D eigenvalue weighted by molar-refractivity contribution is 0.669. The van der Waals surface area contributed by atoms with Crippen LogP contribution in [-0.4, -0.2) is 4.98 Å². The van der Waals surface area contributed by atoms with E-state index >= 15 is 0 Å². The number of benzene rings is 2. The van der Waals surface area contributed by atoms with E-state index in [1.54, 1.807) is 6.20 Å². The average molecular weight is 254 g/mol. The molecule has 86 valence electrons. The van der Waals surface area contributed by atoms with Gasteiger partial charge in [-0.05, 0) is 18.2 Å². The van der Waals surface area contributed by atoms with Crippen molar-refractivity contribution < 1.29 is 4.42 Å². The van der Waals surface area contributed by atoms with Crippen LogP contribution >= 0.6 is 11.6 Å². The van der Waals surface area contributed by atoms with Gasteiger partial charge in [0.2, 0.25) is 0 Å². The van der Waals surface area contributed by atoms with Gasteiger partial charge in [-0.2, -0.15) is 0 Å². The number of halogens is 1. The molecule has 0 spiro atoms. The Hall–Kier alpha value is -2.06. The minimum absolute atomic E-state index is 0.671. The SMILES string of the molecule is Clc1cc2oc3ccccc3c2c2ncccc12. The molecule has 3 heteroatoms. The normalized spacial score (nSPS) is 11.6. The van der Waals surface area contributed by atoms with Crippen molar-refractivity contribution in [3.8, 4) is 0 Å². The van der Waals surface area contributed by atoms with Crippen molar-refractivity contribution in [3.05, 3.63) is 53.7 Å². The van der Waals surface area contributed by atoms with Gasteiger partial charge < -0.3 is 4.42 Å². The first-order valence-electron chi connectivity index (χ1n) is 5.69. The first-order valence-corrected chi connectivity index (χ1v) is 6.07. The molecule has 4 rings (SSSR count). The quantitative estimate of drug-likeness (QED) is 0.450. The van der Waals surface area contributed by atoms with Crippen molar-refractivity contribution in [3.63, 3.8) is 0 Å². The van der Waals surface area contributed by atoms with Crippen molar-refractivity contribution in [1.29, 1.82) is 0 Å². The molecular weight excluding hydrogens is 246 g/mol. The van der Waals surface area contributed by atoms with Crippen LogP contribution in [0.4, 0.5) is 0 Å². The molecule has 0 unspecified atom stereocenters. The molecule has 18 heavy (non-hydrogen) atoms. The second-order valence-corrected chi connectivity index (χ2v) is 4.64. The summed E-state index contributed by atoms with van der Waals surface area (Å²) in [6, 6.07) is 13.7. The number of fused-ring (bicyclic) bond motifs is 5. The Morgan fingerprint density at radius 3 is 2.72 bits per heavy atom. The molecule has 2 nitrogen and oxygen atoms in total. The fourth-order valence-corrected chi connectivity index (χ4v) is 2.65. The van der Waals surface area contributed by atoms with Crippen LogP contribution in [0, 0.1) is 0 Å². The summed E-state index contributed by atoms with van der Waals surface area (Å²) in [4.78, 5) is 4.45. The summed E-state index contributed by atoms with van der Waals surface area (Å²) in [6.07, 6.45) is 1.78. The van der Waals surface area contributed by atoms with Crippen LogP contribution in [0.2, 0.25) is 5.02 Å². The van der Waals surface area contributed by atoms with Crippen LogP contribution in [0.3, 0.4) is 0 Å². The number of para-hydroxylation sites is 1.